The Labute approximate surface area is 323 Å². The van der Waals surface area contributed by atoms with E-state index in [1.807, 2.05) is 82.9 Å². The summed E-state index contributed by atoms with van der Waals surface area (Å²) in [6, 6.07) is 35.7. The maximum absolute atomic E-state index is 13.8. The van der Waals surface area contributed by atoms with E-state index in [-0.39, 0.29) is 29.8 Å². The molecule has 0 aliphatic carbocycles. The van der Waals surface area contributed by atoms with Crippen LogP contribution in [0.15, 0.2) is 122 Å². The average Bonchev–Trinajstić information content (AvgIpc) is 4.04. The average molecular weight is 752 g/mol. The Bertz CT molecular complexity index is 2240. The molecule has 1 N–H and O–H groups in total. The molecule has 3 amide bonds. The van der Waals surface area contributed by atoms with Gasteiger partial charge in [0.1, 0.15) is 16.1 Å². The largest absolute Gasteiger partial charge is 0.341 e. The van der Waals surface area contributed by atoms with Crippen molar-refractivity contribution in [3.8, 4) is 32.0 Å². The molecule has 4 aromatic carbocycles. The molecule has 0 spiro atoms. The van der Waals surface area contributed by atoms with E-state index >= 15 is 0 Å². The second-order valence-corrected chi connectivity index (χ2v) is 16.0. The van der Waals surface area contributed by atoms with Gasteiger partial charge in [-0.2, -0.15) is 0 Å². The van der Waals surface area contributed by atoms with Crippen molar-refractivity contribution in [2.75, 3.05) is 13.1 Å². The van der Waals surface area contributed by atoms with Crippen LogP contribution in [-0.2, 0) is 20.8 Å². The van der Waals surface area contributed by atoms with Gasteiger partial charge in [0.2, 0.25) is 17.7 Å². The summed E-state index contributed by atoms with van der Waals surface area (Å²) in [5.41, 5.74) is 6.26. The van der Waals surface area contributed by atoms with Gasteiger partial charge in [-0.15, -0.1) is 22.7 Å². The van der Waals surface area contributed by atoms with Crippen molar-refractivity contribution >= 4 is 40.4 Å². The van der Waals surface area contributed by atoms with Crippen LogP contribution in [0.1, 0.15) is 71.9 Å². The van der Waals surface area contributed by atoms with Gasteiger partial charge in [-0.05, 0) is 59.1 Å². The predicted octanol–water partition coefficient (Wildman–Crippen LogP) is 9.05. The van der Waals surface area contributed by atoms with Crippen LogP contribution in [0.25, 0.3) is 32.0 Å². The third kappa shape index (κ3) is 7.62. The Morgan fingerprint density at radius 2 is 1.15 bits per heavy atom. The molecule has 0 unspecified atom stereocenters. The molecule has 4 heterocycles. The minimum atomic E-state index is -0.727. The highest BCUT2D eigenvalue weighted by molar-refractivity contribution is 7.15. The molecule has 2 aliphatic rings. The number of carbonyl (C=O) groups excluding carboxylic acids is 3. The lowest BCUT2D eigenvalue weighted by Crippen LogP contribution is -2.42. The fourth-order valence-corrected chi connectivity index (χ4v) is 9.73. The summed E-state index contributed by atoms with van der Waals surface area (Å²) in [7, 11) is 0. The first-order valence-corrected chi connectivity index (χ1v) is 20.1. The Morgan fingerprint density at radius 1 is 0.667 bits per heavy atom. The third-order valence-electron chi connectivity index (χ3n) is 10.3. The molecule has 6 aromatic rings. The number of amides is 3. The quantitative estimate of drug-likeness (QED) is 0.151. The van der Waals surface area contributed by atoms with Crippen LogP contribution in [-0.4, -0.2) is 50.6 Å². The standard InChI is InChI=1S/C44H41N5O3S2/c1-29(50)47-41(35-12-6-3-7-13-35)44(52)49-25-9-15-37(49)43-46-28-39(54-43)34-22-18-32(19-23-34)31-16-20-33(21-17-31)38-27-45-42(53-38)36-14-8-24-48(36)40(51)26-30-10-4-2-5-11-30/h2-7,10-13,16-23,27-28,36-37,41H,8-9,14-15,24-26H2,1H3,(H,47,50)/t36-,37-,41+/m0/s1. The Morgan fingerprint density at radius 3 is 1.69 bits per heavy atom. The van der Waals surface area contributed by atoms with Gasteiger partial charge in [0.05, 0.1) is 28.3 Å². The molecular weight excluding hydrogens is 711 g/mol. The van der Waals surface area contributed by atoms with Crippen molar-refractivity contribution in [1.29, 1.82) is 0 Å². The number of hydrogen-bond acceptors (Lipinski definition) is 7. The van der Waals surface area contributed by atoms with E-state index < -0.39 is 6.04 Å². The zero-order valence-electron chi connectivity index (χ0n) is 30.1. The summed E-state index contributed by atoms with van der Waals surface area (Å²) in [6.45, 7) is 2.85. The lowest BCUT2D eigenvalue weighted by atomic mass is 10.0. The Balaban J connectivity index is 0.921. The topological polar surface area (TPSA) is 95.5 Å². The van der Waals surface area contributed by atoms with Gasteiger partial charge in [-0.25, -0.2) is 9.97 Å². The first kappa shape index (κ1) is 35.6. The lowest BCUT2D eigenvalue weighted by molar-refractivity contribution is -0.137. The van der Waals surface area contributed by atoms with Gasteiger partial charge in [0, 0.05) is 32.4 Å². The van der Waals surface area contributed by atoms with E-state index in [1.54, 1.807) is 22.7 Å². The van der Waals surface area contributed by atoms with Gasteiger partial charge in [-0.3, -0.25) is 14.4 Å². The molecule has 8 nitrogen and oxygen atoms in total. The molecule has 3 atom stereocenters. The van der Waals surface area contributed by atoms with E-state index in [0.29, 0.717) is 13.0 Å². The minimum Gasteiger partial charge on any atom is -0.341 e. The molecule has 2 fully saturated rings. The van der Waals surface area contributed by atoms with Gasteiger partial charge in [0.15, 0.2) is 0 Å². The van der Waals surface area contributed by atoms with Gasteiger partial charge in [-0.1, -0.05) is 109 Å². The smallest absolute Gasteiger partial charge is 0.250 e. The molecule has 2 aromatic heterocycles. The van der Waals surface area contributed by atoms with Crippen LogP contribution in [0.3, 0.4) is 0 Å². The zero-order chi connectivity index (χ0) is 37.0. The predicted molar refractivity (Wildman–Crippen MR) is 215 cm³/mol. The molecule has 0 saturated carbocycles. The fourth-order valence-electron chi connectivity index (χ4n) is 7.59. The molecule has 2 saturated heterocycles. The molecule has 8 rings (SSSR count). The van der Waals surface area contributed by atoms with E-state index in [1.165, 1.54) is 6.92 Å². The Kier molecular flexibility index (Phi) is 10.5. The normalized spacial score (nSPS) is 17.4. The van der Waals surface area contributed by atoms with Gasteiger partial charge >= 0.3 is 0 Å². The number of rotatable bonds is 10. The maximum Gasteiger partial charge on any atom is 0.250 e. The molecular formula is C44H41N5O3S2. The number of carbonyl (C=O) groups is 3. The molecule has 0 bridgehead atoms. The highest BCUT2D eigenvalue weighted by Crippen LogP contribution is 2.40. The van der Waals surface area contributed by atoms with Crippen molar-refractivity contribution < 1.29 is 14.4 Å². The summed E-state index contributed by atoms with van der Waals surface area (Å²) in [5.74, 6) is -0.178. The number of thiazole rings is 2. The first-order valence-electron chi connectivity index (χ1n) is 18.5. The number of nitrogens with one attached hydrogen (secondary N) is 1. The minimum absolute atomic E-state index is 0.0361. The van der Waals surface area contributed by atoms with Crippen molar-refractivity contribution in [3.63, 3.8) is 0 Å². The SMILES string of the molecule is CC(=O)N[C@@H](C(=O)N1CCC[C@H]1c1ncc(-c2ccc(-c3ccc(-c4cnc([C@@H]5CCCN5C(=O)Cc5ccccc5)s4)cc3)cc2)s1)c1ccccc1. The summed E-state index contributed by atoms with van der Waals surface area (Å²) >= 11 is 3.30. The number of nitrogens with zero attached hydrogens (tertiary/aromatic N) is 4. The van der Waals surface area contributed by atoms with Crippen LogP contribution in [0.5, 0.6) is 0 Å². The van der Waals surface area contributed by atoms with E-state index in [2.05, 4.69) is 53.8 Å². The molecule has 10 heteroatoms. The van der Waals surface area contributed by atoms with Gasteiger partial charge < -0.3 is 15.1 Å². The van der Waals surface area contributed by atoms with Crippen LogP contribution < -0.4 is 5.32 Å². The van der Waals surface area contributed by atoms with E-state index in [9.17, 15) is 14.4 Å². The lowest BCUT2D eigenvalue weighted by Gasteiger charge is -2.28. The fraction of sp³-hybridized carbons (Fsp3) is 0.250. The van der Waals surface area contributed by atoms with Crippen LogP contribution in [0, 0.1) is 0 Å². The monoisotopic (exact) mass is 751 g/mol. The summed E-state index contributed by atoms with van der Waals surface area (Å²) in [6.07, 6.45) is 7.93. The number of aromatic nitrogens is 2. The van der Waals surface area contributed by atoms with Crippen LogP contribution >= 0.6 is 22.7 Å². The van der Waals surface area contributed by atoms with Crippen molar-refractivity contribution in [1.82, 2.24) is 25.1 Å². The molecule has 0 radical (unpaired) electrons. The third-order valence-corrected chi connectivity index (χ3v) is 12.6. The molecule has 2 aliphatic heterocycles. The second-order valence-electron chi connectivity index (χ2n) is 13.9. The highest BCUT2D eigenvalue weighted by atomic mass is 32.1. The van der Waals surface area contributed by atoms with E-state index in [4.69, 9.17) is 9.97 Å². The summed E-state index contributed by atoms with van der Waals surface area (Å²) in [4.78, 5) is 54.7. The van der Waals surface area contributed by atoms with Crippen LogP contribution in [0.4, 0.5) is 0 Å². The van der Waals surface area contributed by atoms with E-state index in [0.717, 1.165) is 85.4 Å². The van der Waals surface area contributed by atoms with Crippen molar-refractivity contribution in [3.05, 3.63) is 143 Å². The van der Waals surface area contributed by atoms with Crippen LogP contribution in [0.2, 0.25) is 0 Å². The number of hydrogen-bond donors (Lipinski definition) is 1. The highest BCUT2D eigenvalue weighted by Gasteiger charge is 2.37. The zero-order valence-corrected chi connectivity index (χ0v) is 31.7. The number of likely N-dealkylation sites (tertiary alicyclic amines) is 2. The van der Waals surface area contributed by atoms with Crippen molar-refractivity contribution in [2.45, 2.75) is 57.2 Å². The van der Waals surface area contributed by atoms with Crippen molar-refractivity contribution in [2.24, 2.45) is 0 Å². The van der Waals surface area contributed by atoms with Gasteiger partial charge in [0.25, 0.3) is 0 Å². The Hall–Kier alpha value is -5.45. The summed E-state index contributed by atoms with van der Waals surface area (Å²) < 4.78 is 0. The first-order chi connectivity index (χ1) is 26.4. The summed E-state index contributed by atoms with van der Waals surface area (Å²) in [5, 5.41) is 4.78. The molecule has 272 valence electrons. The maximum atomic E-state index is 13.8. The number of benzene rings is 4. The molecule has 54 heavy (non-hydrogen) atoms. The second kappa shape index (κ2) is 15.9.